The molecule has 2 aromatic carbocycles. The van der Waals surface area contributed by atoms with E-state index in [1.165, 1.54) is 16.7 Å². The lowest BCUT2D eigenvalue weighted by molar-refractivity contribution is 0.101. The van der Waals surface area contributed by atoms with Gasteiger partial charge in [0.25, 0.3) is 5.91 Å². The van der Waals surface area contributed by atoms with Crippen LogP contribution in [-0.2, 0) is 6.54 Å². The van der Waals surface area contributed by atoms with Crippen molar-refractivity contribution in [1.82, 2.24) is 14.8 Å². The number of aryl methyl sites for hydroxylation is 1. The minimum absolute atomic E-state index is 0.187. The summed E-state index contributed by atoms with van der Waals surface area (Å²) in [5.74, 6) is -0.187. The molecule has 0 unspecified atom stereocenters. The second kappa shape index (κ2) is 5.48. The molecule has 0 radical (unpaired) electrons. The molecule has 0 saturated heterocycles. The maximum Gasteiger partial charge on any atom is 0.275 e. The monoisotopic (exact) mass is 322 g/mol. The SMILES string of the molecule is CCn1nccc1C(=O)Nc1nc2ccc3ccccc3c2s1. The summed E-state index contributed by atoms with van der Waals surface area (Å²) in [6.07, 6.45) is 1.63. The van der Waals surface area contributed by atoms with E-state index in [9.17, 15) is 4.79 Å². The summed E-state index contributed by atoms with van der Waals surface area (Å²) in [5, 5.41) is 9.93. The quantitative estimate of drug-likeness (QED) is 0.622. The van der Waals surface area contributed by atoms with Gasteiger partial charge in [0.2, 0.25) is 0 Å². The van der Waals surface area contributed by atoms with Crippen LogP contribution in [-0.4, -0.2) is 20.7 Å². The first-order valence-electron chi connectivity index (χ1n) is 7.37. The number of nitrogens with one attached hydrogen (secondary N) is 1. The highest BCUT2D eigenvalue weighted by Crippen LogP contribution is 2.32. The van der Waals surface area contributed by atoms with Crippen LogP contribution in [0.2, 0.25) is 0 Å². The van der Waals surface area contributed by atoms with Gasteiger partial charge in [-0.2, -0.15) is 5.10 Å². The van der Waals surface area contributed by atoms with E-state index in [2.05, 4.69) is 33.6 Å². The number of thiazole rings is 1. The average Bonchev–Trinajstić information content (AvgIpc) is 3.20. The molecular weight excluding hydrogens is 308 g/mol. The Hall–Kier alpha value is -2.73. The predicted octanol–water partition coefficient (Wildman–Crippen LogP) is 3.92. The third kappa shape index (κ3) is 2.37. The summed E-state index contributed by atoms with van der Waals surface area (Å²) in [4.78, 5) is 16.9. The zero-order valence-corrected chi connectivity index (χ0v) is 13.3. The zero-order chi connectivity index (χ0) is 15.8. The molecule has 1 amide bonds. The van der Waals surface area contributed by atoms with Gasteiger partial charge in [0.15, 0.2) is 5.13 Å². The Balaban J connectivity index is 1.72. The highest BCUT2D eigenvalue weighted by molar-refractivity contribution is 7.23. The first-order valence-corrected chi connectivity index (χ1v) is 8.19. The van der Waals surface area contributed by atoms with E-state index >= 15 is 0 Å². The number of aromatic nitrogens is 3. The van der Waals surface area contributed by atoms with Crippen molar-refractivity contribution < 1.29 is 4.79 Å². The van der Waals surface area contributed by atoms with Crippen LogP contribution in [0.15, 0.2) is 48.7 Å². The molecule has 0 aliphatic rings. The topological polar surface area (TPSA) is 59.8 Å². The standard InChI is InChI=1S/C17H14N4OS/c1-2-21-14(9-10-18-21)16(22)20-17-19-13-8-7-11-5-3-4-6-12(11)15(13)23-17/h3-10H,2H2,1H3,(H,19,20,22). The van der Waals surface area contributed by atoms with Crippen LogP contribution in [0.5, 0.6) is 0 Å². The Morgan fingerprint density at radius 1 is 1.22 bits per heavy atom. The summed E-state index contributed by atoms with van der Waals surface area (Å²) in [5.41, 5.74) is 1.43. The van der Waals surface area contributed by atoms with Crippen LogP contribution in [0.3, 0.4) is 0 Å². The van der Waals surface area contributed by atoms with E-state index in [-0.39, 0.29) is 5.91 Å². The molecule has 0 fully saturated rings. The number of fused-ring (bicyclic) bond motifs is 3. The van der Waals surface area contributed by atoms with Crippen molar-refractivity contribution in [1.29, 1.82) is 0 Å². The van der Waals surface area contributed by atoms with Gasteiger partial charge >= 0.3 is 0 Å². The van der Waals surface area contributed by atoms with Crippen LogP contribution < -0.4 is 5.32 Å². The van der Waals surface area contributed by atoms with Gasteiger partial charge in [0.1, 0.15) is 5.69 Å². The van der Waals surface area contributed by atoms with Gasteiger partial charge in [-0.1, -0.05) is 41.7 Å². The third-order valence-electron chi connectivity index (χ3n) is 3.75. The number of hydrogen-bond acceptors (Lipinski definition) is 4. The molecule has 5 nitrogen and oxygen atoms in total. The van der Waals surface area contributed by atoms with Crippen molar-refractivity contribution in [3.63, 3.8) is 0 Å². The molecule has 0 spiro atoms. The molecule has 6 heteroatoms. The summed E-state index contributed by atoms with van der Waals surface area (Å²) >= 11 is 1.49. The number of benzene rings is 2. The van der Waals surface area contributed by atoms with Gasteiger partial charge in [0, 0.05) is 18.1 Å². The fraction of sp³-hybridized carbons (Fsp3) is 0.118. The lowest BCUT2D eigenvalue weighted by Crippen LogP contribution is -2.17. The predicted molar refractivity (Wildman–Crippen MR) is 93.0 cm³/mol. The van der Waals surface area contributed by atoms with Gasteiger partial charge in [-0.25, -0.2) is 4.98 Å². The van der Waals surface area contributed by atoms with E-state index in [0.717, 1.165) is 15.6 Å². The Morgan fingerprint density at radius 3 is 2.96 bits per heavy atom. The molecule has 0 saturated carbocycles. The zero-order valence-electron chi connectivity index (χ0n) is 12.5. The molecule has 4 rings (SSSR count). The second-order valence-electron chi connectivity index (χ2n) is 5.14. The maximum absolute atomic E-state index is 12.4. The Bertz CT molecular complexity index is 1020. The van der Waals surface area contributed by atoms with Crippen LogP contribution >= 0.6 is 11.3 Å². The molecule has 1 N–H and O–H groups in total. The first kappa shape index (κ1) is 13.9. The molecule has 0 aliphatic carbocycles. The summed E-state index contributed by atoms with van der Waals surface area (Å²) in [6.45, 7) is 2.61. The van der Waals surface area contributed by atoms with Gasteiger partial charge in [-0.3, -0.25) is 14.8 Å². The van der Waals surface area contributed by atoms with Crippen molar-refractivity contribution >= 4 is 43.4 Å². The normalized spacial score (nSPS) is 11.2. The number of hydrogen-bond donors (Lipinski definition) is 1. The largest absolute Gasteiger partial charge is 0.296 e. The number of carbonyl (C=O) groups excluding carboxylic acids is 1. The van der Waals surface area contributed by atoms with Gasteiger partial charge in [-0.05, 0) is 24.4 Å². The molecule has 2 heterocycles. The second-order valence-corrected chi connectivity index (χ2v) is 6.14. The average molecular weight is 322 g/mol. The van der Waals surface area contributed by atoms with E-state index in [4.69, 9.17) is 0 Å². The molecule has 4 aromatic rings. The minimum atomic E-state index is -0.187. The van der Waals surface area contributed by atoms with Gasteiger partial charge in [-0.15, -0.1) is 0 Å². The smallest absolute Gasteiger partial charge is 0.275 e. The molecule has 0 atom stereocenters. The highest BCUT2D eigenvalue weighted by atomic mass is 32.1. The third-order valence-corrected chi connectivity index (χ3v) is 4.77. The van der Waals surface area contributed by atoms with Crippen LogP contribution in [0.25, 0.3) is 21.0 Å². The molecule has 114 valence electrons. The van der Waals surface area contributed by atoms with Crippen molar-refractivity contribution in [3.05, 3.63) is 54.4 Å². The van der Waals surface area contributed by atoms with Crippen molar-refractivity contribution in [2.45, 2.75) is 13.5 Å². The van der Waals surface area contributed by atoms with Crippen LogP contribution in [0.1, 0.15) is 17.4 Å². The van der Waals surface area contributed by atoms with Gasteiger partial charge in [0.05, 0.1) is 10.2 Å². The van der Waals surface area contributed by atoms with Crippen LogP contribution in [0.4, 0.5) is 5.13 Å². The lowest BCUT2D eigenvalue weighted by Gasteiger charge is -2.03. The first-order chi connectivity index (χ1) is 11.3. The molecule has 0 aliphatic heterocycles. The molecular formula is C17H14N4OS. The van der Waals surface area contributed by atoms with E-state index < -0.39 is 0 Å². The van der Waals surface area contributed by atoms with Crippen molar-refractivity contribution in [2.75, 3.05) is 5.32 Å². The summed E-state index contributed by atoms with van der Waals surface area (Å²) in [7, 11) is 0. The summed E-state index contributed by atoms with van der Waals surface area (Å²) < 4.78 is 2.75. The number of rotatable bonds is 3. The number of carbonyl (C=O) groups is 1. The van der Waals surface area contributed by atoms with Crippen molar-refractivity contribution in [2.24, 2.45) is 0 Å². The van der Waals surface area contributed by atoms with E-state index in [0.29, 0.717) is 17.4 Å². The molecule has 0 bridgehead atoms. The number of amides is 1. The van der Waals surface area contributed by atoms with E-state index in [1.54, 1.807) is 16.9 Å². The Labute approximate surface area is 136 Å². The molecule has 2 aromatic heterocycles. The number of nitrogens with zero attached hydrogens (tertiary/aromatic N) is 3. The fourth-order valence-corrected chi connectivity index (χ4v) is 3.64. The fourth-order valence-electron chi connectivity index (χ4n) is 2.65. The number of anilines is 1. The highest BCUT2D eigenvalue weighted by Gasteiger charge is 2.14. The summed E-state index contributed by atoms with van der Waals surface area (Å²) in [6, 6.07) is 13.9. The minimum Gasteiger partial charge on any atom is -0.296 e. The molecule has 23 heavy (non-hydrogen) atoms. The van der Waals surface area contributed by atoms with Crippen molar-refractivity contribution in [3.8, 4) is 0 Å². The van der Waals surface area contributed by atoms with E-state index in [1.807, 2.05) is 25.1 Å². The maximum atomic E-state index is 12.4. The van der Waals surface area contributed by atoms with Gasteiger partial charge < -0.3 is 0 Å². The Morgan fingerprint density at radius 2 is 2.09 bits per heavy atom. The lowest BCUT2D eigenvalue weighted by atomic mass is 10.1. The Kier molecular flexibility index (Phi) is 3.31. The van der Waals surface area contributed by atoms with Crippen LogP contribution in [0, 0.1) is 0 Å².